The first-order valence-electron chi connectivity index (χ1n) is 8.66. The van der Waals surface area contributed by atoms with E-state index >= 15 is 0 Å². The first kappa shape index (κ1) is 17.5. The zero-order valence-corrected chi connectivity index (χ0v) is 14.4. The molecule has 1 unspecified atom stereocenters. The van der Waals surface area contributed by atoms with Crippen molar-refractivity contribution in [3.63, 3.8) is 0 Å². The topological polar surface area (TPSA) is 53.4 Å². The maximum absolute atomic E-state index is 13.0. The van der Waals surface area contributed by atoms with Crippen molar-refractivity contribution in [2.24, 2.45) is 5.92 Å². The monoisotopic (exact) mass is 342 g/mol. The highest BCUT2D eigenvalue weighted by Gasteiger charge is 2.28. The van der Waals surface area contributed by atoms with Crippen LogP contribution >= 0.6 is 0 Å². The number of hydrogen-bond donors (Lipinski definition) is 1. The van der Waals surface area contributed by atoms with E-state index in [4.69, 9.17) is 0 Å². The number of aromatic nitrogens is 1. The number of carbonyl (C=O) groups excluding carboxylic acids is 1. The number of rotatable bonds is 4. The van der Waals surface area contributed by atoms with Gasteiger partial charge in [0.15, 0.2) is 0 Å². The van der Waals surface area contributed by atoms with E-state index in [0.717, 1.165) is 29.7 Å². The van der Waals surface area contributed by atoms with Gasteiger partial charge in [0.2, 0.25) is 5.91 Å². The van der Waals surface area contributed by atoms with Crippen LogP contribution < -0.4 is 0 Å². The van der Waals surface area contributed by atoms with Crippen molar-refractivity contribution in [2.75, 3.05) is 13.1 Å². The molecule has 0 radical (unpaired) electrons. The van der Waals surface area contributed by atoms with E-state index in [1.54, 1.807) is 18.3 Å². The van der Waals surface area contributed by atoms with Gasteiger partial charge in [-0.2, -0.15) is 0 Å². The van der Waals surface area contributed by atoms with Crippen molar-refractivity contribution in [2.45, 2.75) is 32.3 Å². The number of hydrogen-bond acceptors (Lipinski definition) is 3. The highest BCUT2D eigenvalue weighted by Crippen LogP contribution is 2.31. The Morgan fingerprint density at radius 2 is 1.92 bits per heavy atom. The molecule has 5 heteroatoms. The molecule has 25 heavy (non-hydrogen) atoms. The second-order valence-electron chi connectivity index (χ2n) is 6.70. The van der Waals surface area contributed by atoms with E-state index in [-0.39, 0.29) is 17.6 Å². The fourth-order valence-electron chi connectivity index (χ4n) is 3.29. The van der Waals surface area contributed by atoms with Crippen LogP contribution in [0.15, 0.2) is 42.6 Å². The highest BCUT2D eigenvalue weighted by molar-refractivity contribution is 5.78. The molecule has 132 valence electrons. The lowest BCUT2D eigenvalue weighted by Crippen LogP contribution is -2.40. The molecule has 0 saturated carbocycles. The van der Waals surface area contributed by atoms with Crippen LogP contribution in [0.2, 0.25) is 0 Å². The number of aliphatic hydroxyl groups excluding tert-OH is 1. The average Bonchev–Trinajstić information content (AvgIpc) is 2.64. The summed E-state index contributed by atoms with van der Waals surface area (Å²) in [6, 6.07) is 9.84. The maximum atomic E-state index is 13.0. The Balaban J connectivity index is 1.53. The van der Waals surface area contributed by atoms with Gasteiger partial charge >= 0.3 is 0 Å². The number of aliphatic hydroxyl groups is 1. The quantitative estimate of drug-likeness (QED) is 0.929. The van der Waals surface area contributed by atoms with E-state index in [2.05, 4.69) is 4.98 Å². The number of amides is 1. The molecule has 0 bridgehead atoms. The molecule has 1 aliphatic rings. The third-order valence-electron chi connectivity index (χ3n) is 4.88. The summed E-state index contributed by atoms with van der Waals surface area (Å²) in [4.78, 5) is 18.5. The van der Waals surface area contributed by atoms with Crippen LogP contribution in [-0.4, -0.2) is 34.0 Å². The second-order valence-corrected chi connectivity index (χ2v) is 6.70. The van der Waals surface area contributed by atoms with Crippen LogP contribution in [0.3, 0.4) is 0 Å². The molecule has 1 amide bonds. The molecule has 0 aliphatic carbocycles. The molecule has 2 heterocycles. The first-order valence-corrected chi connectivity index (χ1v) is 8.66. The van der Waals surface area contributed by atoms with Gasteiger partial charge in [-0.15, -0.1) is 0 Å². The molecule has 1 N–H and O–H groups in total. The number of pyridine rings is 1. The number of benzene rings is 1. The molecule has 1 aromatic heterocycles. The molecule has 4 nitrogen and oxygen atoms in total. The zero-order chi connectivity index (χ0) is 17.8. The van der Waals surface area contributed by atoms with Crippen LogP contribution in [0.25, 0.3) is 0 Å². The predicted octanol–water partition coefficient (Wildman–Crippen LogP) is 3.04. The first-order chi connectivity index (χ1) is 12.0. The molecule has 3 rings (SSSR count). The van der Waals surface area contributed by atoms with Gasteiger partial charge in [0, 0.05) is 25.0 Å². The summed E-state index contributed by atoms with van der Waals surface area (Å²) in [6.07, 6.45) is 2.99. The molecule has 1 saturated heterocycles. The molecule has 1 aliphatic heterocycles. The normalized spacial score (nSPS) is 16.7. The van der Waals surface area contributed by atoms with Crippen LogP contribution in [-0.2, 0) is 11.2 Å². The van der Waals surface area contributed by atoms with Gasteiger partial charge in [0.05, 0.1) is 12.5 Å². The lowest BCUT2D eigenvalue weighted by molar-refractivity contribution is -0.132. The number of nitrogens with zero attached hydrogens (tertiary/aromatic N) is 2. The predicted molar refractivity (Wildman–Crippen MR) is 93.3 cm³/mol. The smallest absolute Gasteiger partial charge is 0.227 e. The molecular formula is C20H23FN2O2. The van der Waals surface area contributed by atoms with Crippen molar-refractivity contribution in [3.05, 3.63) is 65.2 Å². The van der Waals surface area contributed by atoms with E-state index in [1.807, 2.05) is 24.0 Å². The van der Waals surface area contributed by atoms with Crippen LogP contribution in [0.1, 0.15) is 35.8 Å². The Morgan fingerprint density at radius 1 is 1.24 bits per heavy atom. The maximum Gasteiger partial charge on any atom is 0.227 e. The van der Waals surface area contributed by atoms with Gasteiger partial charge in [-0.25, -0.2) is 4.39 Å². The van der Waals surface area contributed by atoms with Gasteiger partial charge in [0.1, 0.15) is 5.82 Å². The molecule has 2 aromatic rings. The fraction of sp³-hybridized carbons (Fsp3) is 0.400. The summed E-state index contributed by atoms with van der Waals surface area (Å²) in [5.74, 6) is -0.113. The lowest BCUT2D eigenvalue weighted by Gasteiger charge is -2.34. The third-order valence-corrected chi connectivity index (χ3v) is 4.88. The Kier molecular flexibility index (Phi) is 5.43. The number of piperidine rings is 1. The number of aryl methyl sites for hydroxylation is 1. The molecule has 0 spiro atoms. The Bertz CT molecular complexity index is 707. The summed E-state index contributed by atoms with van der Waals surface area (Å²) >= 11 is 0. The summed E-state index contributed by atoms with van der Waals surface area (Å²) < 4.78 is 13.0. The summed E-state index contributed by atoms with van der Waals surface area (Å²) in [6.45, 7) is 3.20. The minimum atomic E-state index is -0.612. The summed E-state index contributed by atoms with van der Waals surface area (Å²) in [5, 5.41) is 10.5. The Morgan fingerprint density at radius 3 is 2.52 bits per heavy atom. The second kappa shape index (κ2) is 7.74. The van der Waals surface area contributed by atoms with Crippen molar-refractivity contribution in [1.82, 2.24) is 9.88 Å². The van der Waals surface area contributed by atoms with E-state index < -0.39 is 6.10 Å². The van der Waals surface area contributed by atoms with Crippen molar-refractivity contribution >= 4 is 5.91 Å². The van der Waals surface area contributed by atoms with Crippen LogP contribution in [0.4, 0.5) is 4.39 Å². The van der Waals surface area contributed by atoms with Gasteiger partial charge in [-0.3, -0.25) is 9.78 Å². The molecule has 1 atom stereocenters. The van der Waals surface area contributed by atoms with Gasteiger partial charge in [-0.05, 0) is 55.0 Å². The van der Waals surface area contributed by atoms with Gasteiger partial charge in [-0.1, -0.05) is 18.2 Å². The van der Waals surface area contributed by atoms with Gasteiger partial charge in [0.25, 0.3) is 0 Å². The lowest BCUT2D eigenvalue weighted by atomic mass is 9.87. The zero-order valence-electron chi connectivity index (χ0n) is 14.4. The van der Waals surface area contributed by atoms with Crippen molar-refractivity contribution in [1.29, 1.82) is 0 Å². The van der Waals surface area contributed by atoms with Crippen LogP contribution in [0, 0.1) is 18.7 Å². The number of halogens is 1. The van der Waals surface area contributed by atoms with E-state index in [9.17, 15) is 14.3 Å². The van der Waals surface area contributed by atoms with Gasteiger partial charge < -0.3 is 10.0 Å². The van der Waals surface area contributed by atoms with E-state index in [1.165, 1.54) is 12.1 Å². The van der Waals surface area contributed by atoms with Crippen molar-refractivity contribution in [3.8, 4) is 0 Å². The third kappa shape index (κ3) is 4.42. The summed E-state index contributed by atoms with van der Waals surface area (Å²) in [7, 11) is 0. The van der Waals surface area contributed by atoms with E-state index in [0.29, 0.717) is 19.5 Å². The van der Waals surface area contributed by atoms with Crippen LogP contribution in [0.5, 0.6) is 0 Å². The SMILES string of the molecule is Cc1ccc(CC(=O)N2CCC(C(O)c3ccc(F)cc3)CC2)cn1. The minimum Gasteiger partial charge on any atom is -0.388 e. The molecular weight excluding hydrogens is 319 g/mol. The standard InChI is InChI=1S/C20H23FN2O2/c1-14-2-3-15(13-22-14)12-19(24)23-10-8-17(9-11-23)20(25)16-4-6-18(21)7-5-16/h2-7,13,17,20,25H,8-12H2,1H3. The highest BCUT2D eigenvalue weighted by atomic mass is 19.1. The minimum absolute atomic E-state index is 0.0931. The molecule has 1 aromatic carbocycles. The summed E-state index contributed by atoms with van der Waals surface area (Å²) in [5.41, 5.74) is 2.59. The average molecular weight is 342 g/mol. The Labute approximate surface area is 147 Å². The molecule has 1 fully saturated rings. The largest absolute Gasteiger partial charge is 0.388 e. The Hall–Kier alpha value is -2.27. The number of likely N-dealkylation sites (tertiary alicyclic amines) is 1. The fourth-order valence-corrected chi connectivity index (χ4v) is 3.29. The van der Waals surface area contributed by atoms with Crippen molar-refractivity contribution < 1.29 is 14.3 Å². The number of carbonyl (C=O) groups is 1.